The molecule has 3 amide bonds. The topological polar surface area (TPSA) is 101 Å². The van der Waals surface area contributed by atoms with E-state index < -0.39 is 11.9 Å². The number of primary amides is 1. The minimum atomic E-state index is -0.520. The number of amides is 3. The zero-order chi connectivity index (χ0) is 14.8. The van der Waals surface area contributed by atoms with Crippen LogP contribution in [0.2, 0.25) is 0 Å². The number of fused-ring (bicyclic) bond motifs is 1. The summed E-state index contributed by atoms with van der Waals surface area (Å²) in [5.41, 5.74) is 6.72. The van der Waals surface area contributed by atoms with Crippen LogP contribution >= 0.6 is 0 Å². The van der Waals surface area contributed by atoms with Crippen molar-refractivity contribution in [1.82, 2.24) is 15.2 Å². The van der Waals surface area contributed by atoms with E-state index in [0.29, 0.717) is 24.4 Å². The molecule has 1 aromatic carbocycles. The standard InChI is InChI=1S/C14H16N4O3/c15-13(19)10-5-3-7-18(10)14(20)16-8-12-17-9-4-1-2-6-11(9)21-12/h1-2,4,6,10H,3,5,7-8H2,(H2,15,19)(H,16,20)/t10-/m1/s1. The summed E-state index contributed by atoms with van der Waals surface area (Å²) in [5, 5.41) is 2.71. The van der Waals surface area contributed by atoms with Crippen LogP contribution in [0.5, 0.6) is 0 Å². The molecule has 0 aliphatic carbocycles. The molecular weight excluding hydrogens is 272 g/mol. The average Bonchev–Trinajstić information content (AvgIpc) is 3.10. The van der Waals surface area contributed by atoms with Crippen LogP contribution in [0.4, 0.5) is 4.79 Å². The maximum atomic E-state index is 12.1. The predicted octanol–water partition coefficient (Wildman–Crippen LogP) is 0.987. The van der Waals surface area contributed by atoms with E-state index in [4.69, 9.17) is 10.2 Å². The van der Waals surface area contributed by atoms with Crippen molar-refractivity contribution in [2.75, 3.05) is 6.54 Å². The van der Waals surface area contributed by atoms with Crippen LogP contribution in [0.3, 0.4) is 0 Å². The van der Waals surface area contributed by atoms with E-state index in [9.17, 15) is 9.59 Å². The van der Waals surface area contributed by atoms with Crippen LogP contribution < -0.4 is 11.1 Å². The van der Waals surface area contributed by atoms with Crippen molar-refractivity contribution < 1.29 is 14.0 Å². The molecule has 110 valence electrons. The van der Waals surface area contributed by atoms with Crippen molar-refractivity contribution in [3.8, 4) is 0 Å². The number of rotatable bonds is 3. The number of carbonyl (C=O) groups is 2. The van der Waals surface area contributed by atoms with Gasteiger partial charge in [0.2, 0.25) is 11.8 Å². The van der Waals surface area contributed by atoms with Gasteiger partial charge in [-0.2, -0.15) is 0 Å². The zero-order valence-electron chi connectivity index (χ0n) is 11.4. The lowest BCUT2D eigenvalue weighted by molar-refractivity contribution is -0.121. The van der Waals surface area contributed by atoms with Gasteiger partial charge >= 0.3 is 6.03 Å². The molecule has 1 aliphatic rings. The van der Waals surface area contributed by atoms with Gasteiger partial charge in [-0.1, -0.05) is 12.1 Å². The SMILES string of the molecule is NC(=O)[C@H]1CCCN1C(=O)NCc1nc2ccccc2o1. The van der Waals surface area contributed by atoms with Crippen molar-refractivity contribution >= 4 is 23.0 Å². The third-order valence-corrected chi connectivity index (χ3v) is 3.57. The summed E-state index contributed by atoms with van der Waals surface area (Å²) >= 11 is 0. The highest BCUT2D eigenvalue weighted by Gasteiger charge is 2.32. The van der Waals surface area contributed by atoms with Crippen molar-refractivity contribution in [1.29, 1.82) is 0 Å². The Hall–Kier alpha value is -2.57. The Morgan fingerprint density at radius 3 is 3.00 bits per heavy atom. The van der Waals surface area contributed by atoms with Gasteiger partial charge in [-0.15, -0.1) is 0 Å². The summed E-state index contributed by atoms with van der Waals surface area (Å²) in [5.74, 6) is -0.0381. The molecule has 1 atom stereocenters. The van der Waals surface area contributed by atoms with Crippen molar-refractivity contribution in [2.45, 2.75) is 25.4 Å². The van der Waals surface area contributed by atoms with Crippen LogP contribution in [0, 0.1) is 0 Å². The van der Waals surface area contributed by atoms with Gasteiger partial charge in [-0.25, -0.2) is 9.78 Å². The van der Waals surface area contributed by atoms with Gasteiger partial charge in [-0.3, -0.25) is 4.79 Å². The maximum absolute atomic E-state index is 12.1. The summed E-state index contributed by atoms with van der Waals surface area (Å²) in [7, 11) is 0. The van der Waals surface area contributed by atoms with E-state index in [0.717, 1.165) is 11.9 Å². The molecule has 3 rings (SSSR count). The fourth-order valence-electron chi connectivity index (χ4n) is 2.55. The third kappa shape index (κ3) is 2.67. The first-order chi connectivity index (χ1) is 10.1. The zero-order valence-corrected chi connectivity index (χ0v) is 11.4. The number of nitrogens with zero attached hydrogens (tertiary/aromatic N) is 2. The second kappa shape index (κ2) is 5.43. The van der Waals surface area contributed by atoms with Crippen molar-refractivity contribution in [3.05, 3.63) is 30.2 Å². The highest BCUT2D eigenvalue weighted by atomic mass is 16.3. The summed E-state index contributed by atoms with van der Waals surface area (Å²) in [6.45, 7) is 0.711. The highest BCUT2D eigenvalue weighted by Crippen LogP contribution is 2.17. The molecule has 0 spiro atoms. The number of nitrogens with one attached hydrogen (secondary N) is 1. The first-order valence-electron chi connectivity index (χ1n) is 6.83. The molecule has 0 unspecified atom stereocenters. The molecule has 1 aliphatic heterocycles. The summed E-state index contributed by atoms with van der Waals surface area (Å²) < 4.78 is 5.52. The Labute approximate surface area is 121 Å². The van der Waals surface area contributed by atoms with E-state index >= 15 is 0 Å². The summed E-state index contributed by atoms with van der Waals surface area (Å²) in [6, 6.07) is 6.55. The lowest BCUT2D eigenvalue weighted by atomic mass is 10.2. The number of carbonyl (C=O) groups excluding carboxylic acids is 2. The number of benzene rings is 1. The van der Waals surface area contributed by atoms with Gasteiger partial charge < -0.3 is 20.4 Å². The van der Waals surface area contributed by atoms with E-state index in [1.165, 1.54) is 4.90 Å². The Balaban J connectivity index is 1.64. The summed E-state index contributed by atoms with van der Waals surface area (Å²) in [6.07, 6.45) is 1.40. The summed E-state index contributed by atoms with van der Waals surface area (Å²) in [4.78, 5) is 29.1. The first-order valence-corrected chi connectivity index (χ1v) is 6.83. The molecule has 7 heteroatoms. The first kappa shape index (κ1) is 13.4. The Morgan fingerprint density at radius 1 is 1.43 bits per heavy atom. The van der Waals surface area contributed by atoms with E-state index in [-0.39, 0.29) is 12.6 Å². The number of likely N-dealkylation sites (tertiary alicyclic amines) is 1. The largest absolute Gasteiger partial charge is 0.439 e. The minimum absolute atomic E-state index is 0.176. The van der Waals surface area contributed by atoms with Gasteiger partial charge in [-0.05, 0) is 25.0 Å². The maximum Gasteiger partial charge on any atom is 0.318 e. The predicted molar refractivity (Wildman–Crippen MR) is 75.2 cm³/mol. The second-order valence-electron chi connectivity index (χ2n) is 4.99. The minimum Gasteiger partial charge on any atom is -0.439 e. The van der Waals surface area contributed by atoms with E-state index in [1.54, 1.807) is 0 Å². The molecule has 2 heterocycles. The van der Waals surface area contributed by atoms with Crippen LogP contribution in [0.1, 0.15) is 18.7 Å². The molecule has 1 aromatic heterocycles. The van der Waals surface area contributed by atoms with Gasteiger partial charge in [0.15, 0.2) is 5.58 Å². The number of oxazole rings is 1. The molecule has 0 radical (unpaired) electrons. The molecular formula is C14H16N4O3. The van der Waals surface area contributed by atoms with Crippen molar-refractivity contribution in [3.63, 3.8) is 0 Å². The van der Waals surface area contributed by atoms with Gasteiger partial charge in [0.25, 0.3) is 0 Å². The number of aromatic nitrogens is 1. The van der Waals surface area contributed by atoms with Gasteiger partial charge in [0.05, 0.1) is 6.54 Å². The molecule has 1 saturated heterocycles. The number of hydrogen-bond acceptors (Lipinski definition) is 4. The van der Waals surface area contributed by atoms with Crippen LogP contribution in [0.25, 0.3) is 11.1 Å². The lowest BCUT2D eigenvalue weighted by Gasteiger charge is -2.22. The normalized spacial score (nSPS) is 18.1. The number of hydrogen-bond donors (Lipinski definition) is 2. The monoisotopic (exact) mass is 288 g/mol. The van der Waals surface area contributed by atoms with Crippen LogP contribution in [-0.2, 0) is 11.3 Å². The van der Waals surface area contributed by atoms with Crippen LogP contribution in [0.15, 0.2) is 28.7 Å². The van der Waals surface area contributed by atoms with Crippen LogP contribution in [-0.4, -0.2) is 34.4 Å². The molecule has 0 saturated carbocycles. The Kier molecular flexibility index (Phi) is 3.47. The van der Waals surface area contributed by atoms with Gasteiger partial charge in [0.1, 0.15) is 11.6 Å². The fraction of sp³-hybridized carbons (Fsp3) is 0.357. The average molecular weight is 288 g/mol. The number of urea groups is 1. The fourth-order valence-corrected chi connectivity index (χ4v) is 2.55. The molecule has 2 aromatic rings. The number of nitrogens with two attached hydrogens (primary N) is 1. The highest BCUT2D eigenvalue weighted by molar-refractivity contribution is 5.86. The number of para-hydroxylation sites is 2. The molecule has 0 bridgehead atoms. The van der Waals surface area contributed by atoms with Gasteiger partial charge in [0, 0.05) is 6.54 Å². The molecule has 7 nitrogen and oxygen atoms in total. The Bertz CT molecular complexity index is 649. The molecule has 21 heavy (non-hydrogen) atoms. The molecule has 3 N–H and O–H groups in total. The van der Waals surface area contributed by atoms with E-state index in [1.807, 2.05) is 24.3 Å². The lowest BCUT2D eigenvalue weighted by Crippen LogP contribution is -2.47. The smallest absolute Gasteiger partial charge is 0.318 e. The quantitative estimate of drug-likeness (QED) is 0.879. The van der Waals surface area contributed by atoms with Crippen molar-refractivity contribution in [2.24, 2.45) is 5.73 Å². The Morgan fingerprint density at radius 2 is 2.24 bits per heavy atom. The third-order valence-electron chi connectivity index (χ3n) is 3.57. The van der Waals surface area contributed by atoms with E-state index in [2.05, 4.69) is 10.3 Å². The second-order valence-corrected chi connectivity index (χ2v) is 4.99. The molecule has 1 fully saturated rings.